The molecule has 22 heavy (non-hydrogen) atoms. The molecule has 0 saturated carbocycles. The largest absolute Gasteiger partial charge is 0.484 e. The molecule has 1 fully saturated rings. The van der Waals surface area contributed by atoms with E-state index >= 15 is 0 Å². The van der Waals surface area contributed by atoms with Gasteiger partial charge in [-0.15, -0.1) is 0 Å². The van der Waals surface area contributed by atoms with E-state index in [4.69, 9.17) is 4.74 Å². The highest BCUT2D eigenvalue weighted by molar-refractivity contribution is 7.99. The number of rotatable bonds is 6. The zero-order valence-corrected chi connectivity index (χ0v) is 13.4. The first-order valence-corrected chi connectivity index (χ1v) is 8.55. The summed E-state index contributed by atoms with van der Waals surface area (Å²) in [6.07, 6.45) is 1.84. The van der Waals surface area contributed by atoms with E-state index in [9.17, 15) is 14.7 Å². The number of aryl methyl sites for hydroxylation is 1. The topological polar surface area (TPSA) is 75.6 Å². The molecule has 0 unspecified atom stereocenters. The fourth-order valence-corrected chi connectivity index (χ4v) is 3.58. The number of amides is 1. The summed E-state index contributed by atoms with van der Waals surface area (Å²) in [6, 6.07) is 7.53. The lowest BCUT2D eigenvalue weighted by atomic mass is 9.92. The van der Waals surface area contributed by atoms with Gasteiger partial charge in [-0.05, 0) is 48.5 Å². The molecule has 0 bridgehead atoms. The average molecular weight is 323 g/mol. The molecule has 0 radical (unpaired) electrons. The lowest BCUT2D eigenvalue weighted by Gasteiger charge is -2.33. The number of carbonyl (C=O) groups is 2. The number of hydrogen-bond acceptors (Lipinski definition) is 4. The number of carboxylic acids is 1. The summed E-state index contributed by atoms with van der Waals surface area (Å²) < 4.78 is 5.42. The van der Waals surface area contributed by atoms with Crippen molar-refractivity contribution in [3.63, 3.8) is 0 Å². The standard InChI is InChI=1S/C16H21NO4S/c1-2-12-3-5-13(6-4-12)21-11-14(18)17-16(15(19)20)7-9-22-10-8-16/h3-6H,2,7-11H2,1H3,(H,17,18)(H,19,20). The molecule has 0 aromatic heterocycles. The van der Waals surface area contributed by atoms with Crippen LogP contribution in [0, 0.1) is 0 Å². The first-order chi connectivity index (χ1) is 10.6. The fraction of sp³-hybridized carbons (Fsp3) is 0.500. The number of carboxylic acid groups (broad SMARTS) is 1. The van der Waals surface area contributed by atoms with E-state index in [2.05, 4.69) is 12.2 Å². The first-order valence-electron chi connectivity index (χ1n) is 7.39. The van der Waals surface area contributed by atoms with Crippen molar-refractivity contribution in [3.05, 3.63) is 29.8 Å². The Balaban J connectivity index is 1.89. The molecule has 1 amide bonds. The maximum absolute atomic E-state index is 12.0. The van der Waals surface area contributed by atoms with Crippen LogP contribution in [0.25, 0.3) is 0 Å². The van der Waals surface area contributed by atoms with Gasteiger partial charge in [-0.25, -0.2) is 4.79 Å². The van der Waals surface area contributed by atoms with Crippen molar-refractivity contribution in [3.8, 4) is 5.75 Å². The summed E-state index contributed by atoms with van der Waals surface area (Å²) in [7, 11) is 0. The molecule has 120 valence electrons. The molecule has 5 nitrogen and oxygen atoms in total. The van der Waals surface area contributed by atoms with Crippen molar-refractivity contribution in [2.75, 3.05) is 18.1 Å². The molecule has 1 aliphatic rings. The molecule has 0 atom stereocenters. The third-order valence-corrected chi connectivity index (χ3v) is 4.82. The molecule has 0 aliphatic carbocycles. The predicted molar refractivity (Wildman–Crippen MR) is 86.4 cm³/mol. The molecule has 2 rings (SSSR count). The lowest BCUT2D eigenvalue weighted by Crippen LogP contribution is -2.57. The van der Waals surface area contributed by atoms with Crippen LogP contribution in [0.15, 0.2) is 24.3 Å². The smallest absolute Gasteiger partial charge is 0.329 e. The Morgan fingerprint density at radius 2 is 1.91 bits per heavy atom. The molecular weight excluding hydrogens is 302 g/mol. The third-order valence-electron chi connectivity index (χ3n) is 3.84. The molecule has 1 saturated heterocycles. The van der Waals surface area contributed by atoms with Gasteiger partial charge in [0, 0.05) is 0 Å². The molecule has 2 N–H and O–H groups in total. The number of benzene rings is 1. The van der Waals surface area contributed by atoms with Crippen LogP contribution in [-0.2, 0) is 16.0 Å². The van der Waals surface area contributed by atoms with Gasteiger partial charge in [0.15, 0.2) is 6.61 Å². The monoisotopic (exact) mass is 323 g/mol. The normalized spacial score (nSPS) is 16.8. The van der Waals surface area contributed by atoms with Crippen molar-refractivity contribution in [2.24, 2.45) is 0 Å². The average Bonchev–Trinajstić information content (AvgIpc) is 2.54. The first kappa shape index (κ1) is 16.7. The fourth-order valence-electron chi connectivity index (χ4n) is 2.39. The molecular formula is C16H21NO4S. The summed E-state index contributed by atoms with van der Waals surface area (Å²) in [6.45, 7) is 1.89. The maximum atomic E-state index is 12.0. The highest BCUT2D eigenvalue weighted by atomic mass is 32.2. The van der Waals surface area contributed by atoms with Crippen molar-refractivity contribution < 1.29 is 19.4 Å². The van der Waals surface area contributed by atoms with Crippen molar-refractivity contribution >= 4 is 23.6 Å². The van der Waals surface area contributed by atoms with E-state index in [1.165, 1.54) is 5.56 Å². The van der Waals surface area contributed by atoms with Crippen LogP contribution in [0.3, 0.4) is 0 Å². The van der Waals surface area contributed by atoms with Gasteiger partial charge in [-0.1, -0.05) is 19.1 Å². The molecule has 1 aromatic rings. The molecule has 1 aliphatic heterocycles. The van der Waals surface area contributed by atoms with Crippen LogP contribution < -0.4 is 10.1 Å². The molecule has 0 spiro atoms. The quantitative estimate of drug-likeness (QED) is 0.838. The van der Waals surface area contributed by atoms with Gasteiger partial charge < -0.3 is 15.2 Å². The number of carbonyl (C=O) groups excluding carboxylic acids is 1. The van der Waals surface area contributed by atoms with Crippen molar-refractivity contribution in [1.82, 2.24) is 5.32 Å². The Bertz CT molecular complexity index is 523. The molecule has 1 heterocycles. The maximum Gasteiger partial charge on any atom is 0.329 e. The second-order valence-electron chi connectivity index (χ2n) is 5.33. The third kappa shape index (κ3) is 4.16. The number of hydrogen-bond donors (Lipinski definition) is 2. The van der Waals surface area contributed by atoms with Gasteiger partial charge >= 0.3 is 5.97 Å². The lowest BCUT2D eigenvalue weighted by molar-refractivity contribution is -0.148. The second kappa shape index (κ2) is 7.54. The van der Waals surface area contributed by atoms with Crippen LogP contribution >= 0.6 is 11.8 Å². The Morgan fingerprint density at radius 3 is 2.45 bits per heavy atom. The zero-order chi connectivity index (χ0) is 16.0. The molecule has 1 aromatic carbocycles. The van der Waals surface area contributed by atoms with Crippen LogP contribution in [-0.4, -0.2) is 40.6 Å². The van der Waals surface area contributed by atoms with Gasteiger partial charge in [-0.2, -0.15) is 11.8 Å². The second-order valence-corrected chi connectivity index (χ2v) is 6.56. The van der Waals surface area contributed by atoms with Gasteiger partial charge in [0.2, 0.25) is 0 Å². The zero-order valence-electron chi connectivity index (χ0n) is 12.6. The van der Waals surface area contributed by atoms with Crippen molar-refractivity contribution in [2.45, 2.75) is 31.7 Å². The van der Waals surface area contributed by atoms with Gasteiger partial charge in [0.25, 0.3) is 5.91 Å². The summed E-state index contributed by atoms with van der Waals surface area (Å²) in [5.41, 5.74) is 0.0546. The van der Waals surface area contributed by atoms with Gasteiger partial charge in [0.1, 0.15) is 11.3 Å². The SMILES string of the molecule is CCc1ccc(OCC(=O)NC2(C(=O)O)CCSCC2)cc1. The van der Waals surface area contributed by atoms with Crippen LogP contribution in [0.1, 0.15) is 25.3 Å². The predicted octanol–water partition coefficient (Wildman–Crippen LogP) is 2.09. The van der Waals surface area contributed by atoms with E-state index < -0.39 is 17.4 Å². The number of nitrogens with one attached hydrogen (secondary N) is 1. The van der Waals surface area contributed by atoms with Crippen LogP contribution in [0.2, 0.25) is 0 Å². The minimum Gasteiger partial charge on any atom is -0.484 e. The highest BCUT2D eigenvalue weighted by Gasteiger charge is 2.41. The van der Waals surface area contributed by atoms with Gasteiger partial charge in [-0.3, -0.25) is 4.79 Å². The minimum absolute atomic E-state index is 0.173. The Labute approximate surface area is 134 Å². The molecule has 6 heteroatoms. The number of thioether (sulfide) groups is 1. The Kier molecular flexibility index (Phi) is 5.71. The summed E-state index contributed by atoms with van der Waals surface area (Å²) in [4.78, 5) is 23.5. The highest BCUT2D eigenvalue weighted by Crippen LogP contribution is 2.27. The van der Waals surface area contributed by atoms with Crippen LogP contribution in [0.4, 0.5) is 0 Å². The van der Waals surface area contributed by atoms with E-state index in [-0.39, 0.29) is 6.61 Å². The van der Waals surface area contributed by atoms with E-state index in [1.807, 2.05) is 24.3 Å². The van der Waals surface area contributed by atoms with Gasteiger partial charge in [0.05, 0.1) is 0 Å². The van der Waals surface area contributed by atoms with Crippen LogP contribution in [0.5, 0.6) is 5.75 Å². The Morgan fingerprint density at radius 1 is 1.27 bits per heavy atom. The van der Waals surface area contributed by atoms with E-state index in [0.29, 0.717) is 18.6 Å². The minimum atomic E-state index is -1.14. The summed E-state index contributed by atoms with van der Waals surface area (Å²) in [5, 5.41) is 12.1. The van der Waals surface area contributed by atoms with E-state index in [0.717, 1.165) is 17.9 Å². The number of aliphatic carboxylic acids is 1. The van der Waals surface area contributed by atoms with E-state index in [1.54, 1.807) is 11.8 Å². The summed E-state index contributed by atoms with van der Waals surface area (Å²) >= 11 is 1.71. The van der Waals surface area contributed by atoms with Crippen molar-refractivity contribution in [1.29, 1.82) is 0 Å². The number of ether oxygens (including phenoxy) is 1. The Hall–Kier alpha value is -1.69. The summed E-state index contributed by atoms with van der Waals surface area (Å²) in [5.74, 6) is 0.732.